The number of carbonyl (C=O) groups is 1. The molecule has 49 heavy (non-hydrogen) atoms. The second-order valence-corrected chi connectivity index (χ2v) is 13.3. The lowest BCUT2D eigenvalue weighted by Gasteiger charge is -2.36. The van der Waals surface area contributed by atoms with Crippen molar-refractivity contribution >= 4 is 16.9 Å². The molecule has 2 aromatic heterocycles. The molecule has 1 amide bonds. The molecule has 7 rings (SSSR count). The molecule has 3 aliphatic rings. The van der Waals surface area contributed by atoms with E-state index in [1.807, 2.05) is 36.1 Å². The highest BCUT2D eigenvalue weighted by Gasteiger charge is 2.40. The van der Waals surface area contributed by atoms with Gasteiger partial charge >= 0.3 is 6.18 Å². The first kappa shape index (κ1) is 33.5. The summed E-state index contributed by atoms with van der Waals surface area (Å²) in [5.41, 5.74) is 1.93. The standard InChI is InChI=1S/C36H40F3N5O5/c1-23-28-18-27(49-31-6-8-40-34-29(31)19-32(41-34)35(47)21-48-22-35)5-4-25(28)7-9-44(23)33(46)17-24-2-3-26(30(16-24)36(37,38)39)20-43-12-10-42(11-13-43)14-15-45/h2-6,8,16,18-19,23,45,47H,7,9-15,17,20-22H2,1H3,(H,40,41)/t23-/m0/s1. The van der Waals surface area contributed by atoms with Crippen LogP contribution in [0.5, 0.6) is 11.5 Å². The number of rotatable bonds is 9. The van der Waals surface area contributed by atoms with Crippen LogP contribution >= 0.6 is 0 Å². The van der Waals surface area contributed by atoms with E-state index in [2.05, 4.69) is 14.9 Å². The Morgan fingerprint density at radius 1 is 1.06 bits per heavy atom. The number of aromatic amines is 1. The summed E-state index contributed by atoms with van der Waals surface area (Å²) in [7, 11) is 0. The molecule has 1 atom stereocenters. The Morgan fingerprint density at radius 2 is 1.84 bits per heavy atom. The highest BCUT2D eigenvalue weighted by atomic mass is 19.4. The summed E-state index contributed by atoms with van der Waals surface area (Å²) in [5.74, 6) is 0.889. The summed E-state index contributed by atoms with van der Waals surface area (Å²) in [6.07, 6.45) is -2.45. The molecule has 2 saturated heterocycles. The van der Waals surface area contributed by atoms with Gasteiger partial charge in [0, 0.05) is 52.0 Å². The van der Waals surface area contributed by atoms with Gasteiger partial charge in [0.05, 0.1) is 48.9 Å². The Morgan fingerprint density at radius 3 is 2.55 bits per heavy atom. The number of alkyl halides is 3. The van der Waals surface area contributed by atoms with Crippen LogP contribution in [0.25, 0.3) is 11.0 Å². The van der Waals surface area contributed by atoms with Crippen molar-refractivity contribution in [3.63, 3.8) is 0 Å². The summed E-state index contributed by atoms with van der Waals surface area (Å²) in [6, 6.07) is 13.3. The van der Waals surface area contributed by atoms with Crippen LogP contribution in [-0.4, -0.2) is 99.9 Å². The van der Waals surface area contributed by atoms with Crippen molar-refractivity contribution in [1.82, 2.24) is 24.7 Å². The van der Waals surface area contributed by atoms with Gasteiger partial charge in [-0.15, -0.1) is 0 Å². The number of nitrogens with zero attached hydrogens (tertiary/aromatic N) is 4. The van der Waals surface area contributed by atoms with E-state index < -0.39 is 17.3 Å². The lowest BCUT2D eigenvalue weighted by atomic mass is 9.92. The van der Waals surface area contributed by atoms with Crippen LogP contribution in [0.1, 0.15) is 46.5 Å². The molecule has 2 aromatic carbocycles. The van der Waals surface area contributed by atoms with Gasteiger partial charge in [0.2, 0.25) is 5.91 Å². The minimum absolute atomic E-state index is 0.0608. The fourth-order valence-corrected chi connectivity index (χ4v) is 7.08. The van der Waals surface area contributed by atoms with E-state index in [1.165, 1.54) is 6.07 Å². The zero-order valence-electron chi connectivity index (χ0n) is 27.3. The SMILES string of the molecule is C[C@H]1c2cc(Oc3ccnc4[nH]c(C5(O)COC5)cc34)ccc2CCN1C(=O)Cc1ccc(CN2CCN(CCO)CC2)c(C(F)(F)F)c1. The molecule has 0 unspecified atom stereocenters. The first-order valence-corrected chi connectivity index (χ1v) is 16.6. The van der Waals surface area contributed by atoms with Crippen LogP contribution < -0.4 is 4.74 Å². The molecule has 0 spiro atoms. The van der Waals surface area contributed by atoms with E-state index in [9.17, 15) is 23.1 Å². The minimum Gasteiger partial charge on any atom is -0.457 e. The monoisotopic (exact) mass is 679 g/mol. The highest BCUT2D eigenvalue weighted by Crippen LogP contribution is 2.38. The predicted octanol–water partition coefficient (Wildman–Crippen LogP) is 4.39. The minimum atomic E-state index is -4.55. The number of halogens is 3. The van der Waals surface area contributed by atoms with Crippen molar-refractivity contribution in [3.05, 3.63) is 88.2 Å². The number of pyridine rings is 1. The van der Waals surface area contributed by atoms with E-state index in [1.54, 1.807) is 23.2 Å². The maximum Gasteiger partial charge on any atom is 0.416 e. The van der Waals surface area contributed by atoms with E-state index in [4.69, 9.17) is 14.6 Å². The van der Waals surface area contributed by atoms with Gasteiger partial charge in [0.15, 0.2) is 5.60 Å². The molecule has 3 aliphatic heterocycles. The zero-order chi connectivity index (χ0) is 34.3. The molecule has 3 N–H and O–H groups in total. The fourth-order valence-electron chi connectivity index (χ4n) is 7.08. The van der Waals surface area contributed by atoms with Crippen LogP contribution in [0.2, 0.25) is 0 Å². The summed E-state index contributed by atoms with van der Waals surface area (Å²) in [5, 5.41) is 20.6. The first-order chi connectivity index (χ1) is 23.5. The van der Waals surface area contributed by atoms with Gasteiger partial charge in [0.1, 0.15) is 17.1 Å². The van der Waals surface area contributed by atoms with Crippen LogP contribution in [0.15, 0.2) is 54.7 Å². The number of amides is 1. The number of hydrogen-bond acceptors (Lipinski definition) is 8. The summed E-state index contributed by atoms with van der Waals surface area (Å²) in [4.78, 5) is 27.0. The van der Waals surface area contributed by atoms with Gasteiger partial charge in [-0.3, -0.25) is 14.6 Å². The lowest BCUT2D eigenvalue weighted by molar-refractivity contribution is -0.186. The van der Waals surface area contributed by atoms with Gasteiger partial charge in [-0.2, -0.15) is 13.2 Å². The Kier molecular flexibility index (Phi) is 9.13. The number of H-pyrrole nitrogens is 1. The number of carbonyl (C=O) groups excluding carboxylic acids is 1. The van der Waals surface area contributed by atoms with Gasteiger partial charge < -0.3 is 29.6 Å². The van der Waals surface area contributed by atoms with Crippen molar-refractivity contribution in [2.45, 2.75) is 44.1 Å². The van der Waals surface area contributed by atoms with Crippen LogP contribution in [-0.2, 0) is 40.7 Å². The maximum atomic E-state index is 14.2. The van der Waals surface area contributed by atoms with Gasteiger partial charge in [-0.25, -0.2) is 4.98 Å². The molecule has 0 saturated carbocycles. The number of β-amino-alcohol motifs (C(OH)–C–C–N with tert-alkyl or cyclic N) is 1. The number of aliphatic hydroxyl groups excluding tert-OH is 1. The molecule has 5 heterocycles. The number of aromatic nitrogens is 2. The normalized spacial score (nSPS) is 19.9. The number of aliphatic hydroxyl groups is 2. The maximum absolute atomic E-state index is 14.2. The summed E-state index contributed by atoms with van der Waals surface area (Å²) >= 11 is 0. The number of hydrogen-bond donors (Lipinski definition) is 3. The second kappa shape index (κ2) is 13.4. The third-order valence-electron chi connectivity index (χ3n) is 9.99. The molecular formula is C36H40F3N5O5. The zero-order valence-corrected chi connectivity index (χ0v) is 27.3. The first-order valence-electron chi connectivity index (χ1n) is 16.6. The molecular weight excluding hydrogens is 639 g/mol. The number of ether oxygens (including phenoxy) is 2. The number of benzene rings is 2. The van der Waals surface area contributed by atoms with Gasteiger partial charge in [0.25, 0.3) is 0 Å². The Labute approximate surface area is 282 Å². The average Bonchev–Trinajstić information content (AvgIpc) is 3.51. The van der Waals surface area contributed by atoms with E-state index >= 15 is 0 Å². The van der Waals surface area contributed by atoms with E-state index in [-0.39, 0.29) is 50.3 Å². The van der Waals surface area contributed by atoms with E-state index in [0.29, 0.717) is 79.5 Å². The number of piperazine rings is 1. The molecule has 13 heteroatoms. The Balaban J connectivity index is 1.05. The molecule has 10 nitrogen and oxygen atoms in total. The van der Waals surface area contributed by atoms with Gasteiger partial charge in [-0.1, -0.05) is 18.2 Å². The molecule has 260 valence electrons. The quantitative estimate of drug-likeness (QED) is 0.239. The van der Waals surface area contributed by atoms with E-state index in [0.717, 1.165) is 17.2 Å². The fraction of sp³-hybridized carbons (Fsp3) is 0.444. The largest absolute Gasteiger partial charge is 0.457 e. The summed E-state index contributed by atoms with van der Waals surface area (Å²) in [6.45, 7) is 6.23. The van der Waals surface area contributed by atoms with Crippen molar-refractivity contribution in [2.24, 2.45) is 0 Å². The lowest BCUT2D eigenvalue weighted by Crippen LogP contribution is -2.46. The third-order valence-corrected chi connectivity index (χ3v) is 9.99. The smallest absolute Gasteiger partial charge is 0.416 e. The molecule has 0 radical (unpaired) electrons. The van der Waals surface area contributed by atoms with Crippen LogP contribution in [0.4, 0.5) is 13.2 Å². The van der Waals surface area contributed by atoms with Crippen molar-refractivity contribution in [1.29, 1.82) is 0 Å². The number of nitrogens with one attached hydrogen (secondary N) is 1. The van der Waals surface area contributed by atoms with Gasteiger partial charge in [-0.05, 0) is 65.9 Å². The number of fused-ring (bicyclic) bond motifs is 2. The summed E-state index contributed by atoms with van der Waals surface area (Å²) < 4.78 is 54.2. The molecule has 2 fully saturated rings. The average molecular weight is 680 g/mol. The molecule has 4 aromatic rings. The topological polar surface area (TPSA) is 114 Å². The Bertz CT molecular complexity index is 1830. The second-order valence-electron chi connectivity index (χ2n) is 13.3. The molecule has 0 aliphatic carbocycles. The molecule has 0 bridgehead atoms. The highest BCUT2D eigenvalue weighted by molar-refractivity contribution is 5.84. The van der Waals surface area contributed by atoms with Crippen LogP contribution in [0, 0.1) is 0 Å². The van der Waals surface area contributed by atoms with Crippen molar-refractivity contribution in [3.8, 4) is 11.5 Å². The van der Waals surface area contributed by atoms with Crippen molar-refractivity contribution in [2.75, 3.05) is 59.1 Å². The Hall–Kier alpha value is -4.01. The van der Waals surface area contributed by atoms with Crippen LogP contribution in [0.3, 0.4) is 0 Å². The van der Waals surface area contributed by atoms with Crippen molar-refractivity contribution < 1.29 is 37.7 Å². The predicted molar refractivity (Wildman–Crippen MR) is 175 cm³/mol. The third kappa shape index (κ3) is 6.90.